The number of ether oxygens (including phenoxy) is 2. The van der Waals surface area contributed by atoms with Crippen LogP contribution in [-0.4, -0.2) is 70.0 Å². The maximum absolute atomic E-state index is 13.1. The standard InChI is InChI=1S/C41H66O8/c1-12-15-29-38(9)18-17-30(43)39(10,24-48-34(46)25(4)13-2)28(38)16-19-40(29,11)37(8)21-27-20-36(6,7)32(45)33(49-35(47)26(5)14-3)41(27,23-42)31(44)22-37/h12-14,27-33,42-45H,1,15-24H2,2-11H3/b25-13+,26-14+/t27?,28?,29?,30-,31+,32-,33-,37-,38-,39+,40+,41-/m0/s1. The average Bonchev–Trinajstić information content (AvgIpc) is 3.04. The minimum Gasteiger partial charge on any atom is -0.462 e. The summed E-state index contributed by atoms with van der Waals surface area (Å²) >= 11 is 0. The monoisotopic (exact) mass is 686 g/mol. The number of carbonyl (C=O) groups excluding carboxylic acids is 2. The molecule has 0 aromatic rings. The average molecular weight is 687 g/mol. The molecular formula is C41H66O8. The Labute approximate surface area is 295 Å². The normalized spacial score (nSPS) is 45.5. The van der Waals surface area contributed by atoms with Crippen LogP contribution in [0.3, 0.4) is 0 Å². The molecule has 12 atom stereocenters. The third-order valence-electron chi connectivity index (χ3n) is 15.3. The van der Waals surface area contributed by atoms with Gasteiger partial charge in [0.05, 0.1) is 36.9 Å². The minimum atomic E-state index is -1.20. The van der Waals surface area contributed by atoms with Crippen molar-refractivity contribution in [3.05, 3.63) is 36.0 Å². The summed E-state index contributed by atoms with van der Waals surface area (Å²) in [5.74, 6) is -0.866. The molecule has 0 aromatic heterocycles. The van der Waals surface area contributed by atoms with Crippen molar-refractivity contribution in [2.75, 3.05) is 13.2 Å². The van der Waals surface area contributed by atoms with E-state index in [9.17, 15) is 30.0 Å². The van der Waals surface area contributed by atoms with Crippen molar-refractivity contribution in [2.24, 2.45) is 50.2 Å². The Kier molecular flexibility index (Phi) is 11.2. The molecule has 0 amide bonds. The van der Waals surface area contributed by atoms with Crippen LogP contribution in [0, 0.1) is 50.2 Å². The molecule has 0 spiro atoms. The third kappa shape index (κ3) is 6.18. The van der Waals surface area contributed by atoms with E-state index in [0.29, 0.717) is 36.8 Å². The lowest BCUT2D eigenvalue weighted by Crippen LogP contribution is -2.71. The number of rotatable bonds is 9. The number of aliphatic hydroxyl groups excluding tert-OH is 4. The topological polar surface area (TPSA) is 134 Å². The molecule has 0 aliphatic heterocycles. The summed E-state index contributed by atoms with van der Waals surface area (Å²) in [6.07, 6.45) is 7.22. The number of hydrogen-bond acceptors (Lipinski definition) is 8. The number of fused-ring (bicyclic) bond motifs is 2. The van der Waals surface area contributed by atoms with Crippen LogP contribution >= 0.6 is 0 Å². The molecule has 4 saturated carbocycles. The lowest BCUT2D eigenvalue weighted by molar-refractivity contribution is -0.278. The summed E-state index contributed by atoms with van der Waals surface area (Å²) in [5, 5.41) is 46.7. The van der Waals surface area contributed by atoms with Gasteiger partial charge in [-0.15, -0.1) is 6.58 Å². The quantitative estimate of drug-likeness (QED) is 0.120. The summed E-state index contributed by atoms with van der Waals surface area (Å²) in [7, 11) is 0. The number of carbonyl (C=O) groups is 2. The van der Waals surface area contributed by atoms with E-state index in [1.807, 2.05) is 26.8 Å². The van der Waals surface area contributed by atoms with Crippen molar-refractivity contribution in [1.29, 1.82) is 0 Å². The van der Waals surface area contributed by atoms with E-state index in [-0.39, 0.29) is 46.6 Å². The first-order chi connectivity index (χ1) is 22.7. The molecule has 8 nitrogen and oxygen atoms in total. The molecule has 0 radical (unpaired) electrons. The van der Waals surface area contributed by atoms with Gasteiger partial charge in [0.15, 0.2) is 0 Å². The maximum atomic E-state index is 13.1. The SMILES string of the molecule is C=CCC1[C@@]2(C)CC[C@H](O)[C@](C)(COC(=O)/C(C)=C/C)C2CC[C@@]1(C)[C@@]1(C)CC2CC(C)(C)[C@@H](O)[C@H](OC(=O)/C(C)=C/C)[C@]2(CO)[C@H](O)C1. The fourth-order valence-corrected chi connectivity index (χ4v) is 11.6. The van der Waals surface area contributed by atoms with E-state index in [4.69, 9.17) is 9.47 Å². The van der Waals surface area contributed by atoms with Crippen LogP contribution < -0.4 is 0 Å². The van der Waals surface area contributed by atoms with Gasteiger partial charge in [-0.2, -0.15) is 0 Å². The van der Waals surface area contributed by atoms with E-state index in [0.717, 1.165) is 25.7 Å². The zero-order valence-electron chi connectivity index (χ0n) is 32.0. The molecule has 49 heavy (non-hydrogen) atoms. The number of allylic oxidation sites excluding steroid dienone is 3. The third-order valence-corrected chi connectivity index (χ3v) is 15.3. The van der Waals surface area contributed by atoms with Crippen molar-refractivity contribution < 1.29 is 39.5 Å². The Morgan fingerprint density at radius 2 is 1.47 bits per heavy atom. The fourth-order valence-electron chi connectivity index (χ4n) is 11.6. The molecule has 4 aliphatic rings. The molecule has 278 valence electrons. The molecule has 4 aliphatic carbocycles. The summed E-state index contributed by atoms with van der Waals surface area (Å²) in [4.78, 5) is 25.9. The van der Waals surface area contributed by atoms with E-state index >= 15 is 0 Å². The van der Waals surface area contributed by atoms with Crippen molar-refractivity contribution >= 4 is 11.9 Å². The van der Waals surface area contributed by atoms with Gasteiger partial charge in [-0.1, -0.05) is 59.8 Å². The second-order valence-electron chi connectivity index (χ2n) is 18.1. The Morgan fingerprint density at radius 1 is 0.857 bits per heavy atom. The van der Waals surface area contributed by atoms with Crippen LogP contribution in [0.1, 0.15) is 121 Å². The van der Waals surface area contributed by atoms with Gasteiger partial charge in [0, 0.05) is 16.6 Å². The highest BCUT2D eigenvalue weighted by atomic mass is 16.6. The summed E-state index contributed by atoms with van der Waals surface area (Å²) < 4.78 is 11.9. The number of esters is 2. The largest absolute Gasteiger partial charge is 0.462 e. The Balaban J connectivity index is 1.75. The predicted octanol–water partition coefficient (Wildman–Crippen LogP) is 6.70. The smallest absolute Gasteiger partial charge is 0.333 e. The second kappa shape index (κ2) is 13.9. The van der Waals surface area contributed by atoms with Crippen LogP contribution in [0.2, 0.25) is 0 Å². The van der Waals surface area contributed by atoms with Gasteiger partial charge in [0.25, 0.3) is 0 Å². The van der Waals surface area contributed by atoms with Crippen molar-refractivity contribution in [1.82, 2.24) is 0 Å². The molecule has 3 unspecified atom stereocenters. The molecule has 0 aromatic carbocycles. The number of hydrogen-bond donors (Lipinski definition) is 4. The predicted molar refractivity (Wildman–Crippen MR) is 191 cm³/mol. The van der Waals surface area contributed by atoms with Crippen LogP contribution in [0.5, 0.6) is 0 Å². The van der Waals surface area contributed by atoms with E-state index in [2.05, 4.69) is 34.3 Å². The first-order valence-electron chi connectivity index (χ1n) is 18.6. The Bertz CT molecular complexity index is 1330. The summed E-state index contributed by atoms with van der Waals surface area (Å²) in [6.45, 7) is 24.0. The molecule has 4 rings (SSSR count). The van der Waals surface area contributed by atoms with E-state index < -0.39 is 53.2 Å². The van der Waals surface area contributed by atoms with Crippen LogP contribution in [0.4, 0.5) is 0 Å². The molecule has 0 saturated heterocycles. The van der Waals surface area contributed by atoms with E-state index in [1.165, 1.54) is 0 Å². The Morgan fingerprint density at radius 3 is 2.04 bits per heavy atom. The van der Waals surface area contributed by atoms with Crippen LogP contribution in [0.15, 0.2) is 36.0 Å². The molecular weight excluding hydrogens is 620 g/mol. The van der Waals surface area contributed by atoms with Crippen molar-refractivity contribution in [3.8, 4) is 0 Å². The molecule has 0 heterocycles. The highest BCUT2D eigenvalue weighted by Gasteiger charge is 2.70. The molecule has 8 heteroatoms. The minimum absolute atomic E-state index is 0.0940. The Hall–Kier alpha value is -2.00. The lowest BCUT2D eigenvalue weighted by Gasteiger charge is -2.70. The summed E-state index contributed by atoms with van der Waals surface area (Å²) in [6, 6.07) is 0. The van der Waals surface area contributed by atoms with Gasteiger partial charge in [-0.05, 0) is 118 Å². The van der Waals surface area contributed by atoms with Crippen LogP contribution in [0.25, 0.3) is 0 Å². The molecule has 4 fully saturated rings. The van der Waals surface area contributed by atoms with Crippen molar-refractivity contribution in [2.45, 2.75) is 145 Å². The van der Waals surface area contributed by atoms with Gasteiger partial charge < -0.3 is 29.9 Å². The highest BCUT2D eigenvalue weighted by molar-refractivity contribution is 5.88. The van der Waals surface area contributed by atoms with Gasteiger partial charge in [-0.3, -0.25) is 0 Å². The zero-order chi connectivity index (χ0) is 37.0. The van der Waals surface area contributed by atoms with Gasteiger partial charge in [0.2, 0.25) is 0 Å². The first kappa shape index (κ1) is 39.8. The van der Waals surface area contributed by atoms with Gasteiger partial charge >= 0.3 is 11.9 Å². The lowest BCUT2D eigenvalue weighted by atomic mass is 9.35. The first-order valence-corrected chi connectivity index (χ1v) is 18.6. The van der Waals surface area contributed by atoms with Crippen LogP contribution in [-0.2, 0) is 19.1 Å². The maximum Gasteiger partial charge on any atom is 0.333 e. The highest BCUT2D eigenvalue weighted by Crippen LogP contribution is 2.73. The second-order valence-corrected chi connectivity index (χ2v) is 18.1. The molecule has 0 bridgehead atoms. The molecule has 4 N–H and O–H groups in total. The van der Waals surface area contributed by atoms with Crippen molar-refractivity contribution in [3.63, 3.8) is 0 Å². The fraction of sp³-hybridized carbons (Fsp3) is 0.805. The van der Waals surface area contributed by atoms with Gasteiger partial charge in [0.1, 0.15) is 6.10 Å². The zero-order valence-corrected chi connectivity index (χ0v) is 32.0. The number of aliphatic hydroxyl groups is 4. The summed E-state index contributed by atoms with van der Waals surface area (Å²) in [5.41, 5.74) is -2.32. The van der Waals surface area contributed by atoms with Gasteiger partial charge in [-0.25, -0.2) is 9.59 Å². The van der Waals surface area contributed by atoms with E-state index in [1.54, 1.807) is 32.9 Å².